The average Bonchev–Trinajstić information content (AvgIpc) is 2.82. The van der Waals surface area contributed by atoms with Crippen LogP contribution in [0.15, 0.2) is 10.5 Å². The van der Waals surface area contributed by atoms with Crippen molar-refractivity contribution in [3.63, 3.8) is 0 Å². The molecule has 1 aliphatic rings. The quantitative estimate of drug-likeness (QED) is 0.917. The Morgan fingerprint density at radius 3 is 2.94 bits per heavy atom. The fourth-order valence-corrected chi connectivity index (χ4v) is 2.76. The molecule has 1 aromatic rings. The monoisotopic (exact) mass is 317 g/mol. The Bertz CT molecular complexity index is 416. The maximum Gasteiger partial charge on any atom is 0.134 e. The van der Waals surface area contributed by atoms with Crippen LogP contribution < -0.4 is 10.1 Å². The predicted octanol–water partition coefficient (Wildman–Crippen LogP) is 3.71. The largest absolute Gasteiger partial charge is 0.492 e. The van der Waals surface area contributed by atoms with Gasteiger partial charge in [-0.25, -0.2) is 0 Å². The molecule has 1 aromatic carbocycles. The van der Waals surface area contributed by atoms with E-state index in [9.17, 15) is 0 Å². The Morgan fingerprint density at radius 1 is 1.53 bits per heavy atom. The van der Waals surface area contributed by atoms with E-state index in [0.29, 0.717) is 5.92 Å². The lowest BCUT2D eigenvalue weighted by atomic mass is 10.1. The third-order valence-corrected chi connectivity index (χ3v) is 4.77. The van der Waals surface area contributed by atoms with Crippen molar-refractivity contribution in [2.24, 2.45) is 5.92 Å². The molecule has 2 rings (SSSR count). The van der Waals surface area contributed by atoms with E-state index in [4.69, 9.17) is 16.3 Å². The van der Waals surface area contributed by atoms with Gasteiger partial charge < -0.3 is 10.1 Å². The standard InChI is InChI=1S/C13H17BrClNO/c1-8-5-11(12(14)9(2)13(8)15)17-7-10-3-4-16-6-10/h5,10,16H,3-4,6-7H2,1-2H3/t10-/m1/s1. The van der Waals surface area contributed by atoms with Gasteiger partial charge in [0.1, 0.15) is 5.75 Å². The number of rotatable bonds is 3. The molecule has 0 aromatic heterocycles. The van der Waals surface area contributed by atoms with Crippen molar-refractivity contribution < 1.29 is 4.74 Å². The second-order valence-electron chi connectivity index (χ2n) is 4.61. The average molecular weight is 319 g/mol. The molecule has 1 atom stereocenters. The van der Waals surface area contributed by atoms with E-state index < -0.39 is 0 Å². The zero-order chi connectivity index (χ0) is 12.4. The molecule has 0 saturated carbocycles. The first kappa shape index (κ1) is 13.2. The summed E-state index contributed by atoms with van der Waals surface area (Å²) in [5, 5.41) is 4.15. The maximum atomic E-state index is 6.19. The second-order valence-corrected chi connectivity index (χ2v) is 5.79. The van der Waals surface area contributed by atoms with Gasteiger partial charge >= 0.3 is 0 Å². The molecule has 2 nitrogen and oxygen atoms in total. The topological polar surface area (TPSA) is 21.3 Å². The summed E-state index contributed by atoms with van der Waals surface area (Å²) in [6.07, 6.45) is 1.20. The van der Waals surface area contributed by atoms with E-state index in [0.717, 1.165) is 46.1 Å². The molecule has 1 aliphatic heterocycles. The number of aryl methyl sites for hydroxylation is 1. The fraction of sp³-hybridized carbons (Fsp3) is 0.538. The van der Waals surface area contributed by atoms with Gasteiger partial charge in [-0.05, 0) is 59.9 Å². The van der Waals surface area contributed by atoms with Gasteiger partial charge in [-0.1, -0.05) is 11.6 Å². The lowest BCUT2D eigenvalue weighted by Gasteiger charge is -2.15. The van der Waals surface area contributed by atoms with Crippen LogP contribution >= 0.6 is 27.5 Å². The summed E-state index contributed by atoms with van der Waals surface area (Å²) in [7, 11) is 0. The van der Waals surface area contributed by atoms with Gasteiger partial charge in [0.2, 0.25) is 0 Å². The predicted molar refractivity (Wildman–Crippen MR) is 75.1 cm³/mol. The Hall–Kier alpha value is -0.250. The molecule has 1 saturated heterocycles. The van der Waals surface area contributed by atoms with Crippen molar-refractivity contribution in [1.82, 2.24) is 5.32 Å². The van der Waals surface area contributed by atoms with Crippen LogP contribution in [0.4, 0.5) is 0 Å². The Kier molecular flexibility index (Phi) is 4.34. The van der Waals surface area contributed by atoms with Crippen LogP contribution in [-0.2, 0) is 0 Å². The minimum absolute atomic E-state index is 0.623. The highest BCUT2D eigenvalue weighted by Gasteiger charge is 2.17. The summed E-state index contributed by atoms with van der Waals surface area (Å²) < 4.78 is 6.86. The van der Waals surface area contributed by atoms with Crippen molar-refractivity contribution in [1.29, 1.82) is 0 Å². The zero-order valence-corrected chi connectivity index (χ0v) is 12.5. The Balaban J connectivity index is 2.10. The minimum atomic E-state index is 0.623. The Labute approximate surface area is 116 Å². The molecule has 4 heteroatoms. The lowest BCUT2D eigenvalue weighted by Crippen LogP contribution is -2.15. The van der Waals surface area contributed by atoms with Gasteiger partial charge in [-0.3, -0.25) is 0 Å². The van der Waals surface area contributed by atoms with Crippen LogP contribution in [0, 0.1) is 19.8 Å². The van der Waals surface area contributed by atoms with E-state index >= 15 is 0 Å². The van der Waals surface area contributed by atoms with E-state index in [1.165, 1.54) is 6.42 Å². The van der Waals surface area contributed by atoms with Gasteiger partial charge in [-0.15, -0.1) is 0 Å². The molecule has 0 spiro atoms. The number of ether oxygens (including phenoxy) is 1. The molecule has 0 amide bonds. The number of benzene rings is 1. The molecule has 0 bridgehead atoms. The molecule has 0 radical (unpaired) electrons. The zero-order valence-electron chi connectivity index (χ0n) is 10.1. The van der Waals surface area contributed by atoms with Crippen LogP contribution in [0.25, 0.3) is 0 Å². The Morgan fingerprint density at radius 2 is 2.29 bits per heavy atom. The van der Waals surface area contributed by atoms with Gasteiger partial charge in [0.05, 0.1) is 11.1 Å². The summed E-state index contributed by atoms with van der Waals surface area (Å²) in [6.45, 7) is 6.94. The van der Waals surface area contributed by atoms with Crippen LogP contribution in [0.1, 0.15) is 17.5 Å². The minimum Gasteiger partial charge on any atom is -0.492 e. The summed E-state index contributed by atoms with van der Waals surface area (Å²) in [5.74, 6) is 1.52. The van der Waals surface area contributed by atoms with Crippen molar-refractivity contribution >= 4 is 27.5 Å². The first-order chi connectivity index (χ1) is 8.09. The van der Waals surface area contributed by atoms with Crippen molar-refractivity contribution in [3.05, 3.63) is 26.7 Å². The van der Waals surface area contributed by atoms with Gasteiger partial charge in [0, 0.05) is 17.5 Å². The van der Waals surface area contributed by atoms with E-state index in [1.54, 1.807) is 0 Å². The number of hydrogen-bond donors (Lipinski definition) is 1. The highest BCUT2D eigenvalue weighted by molar-refractivity contribution is 9.10. The third kappa shape index (κ3) is 2.95. The first-order valence-corrected chi connectivity index (χ1v) is 7.05. The van der Waals surface area contributed by atoms with Gasteiger partial charge in [-0.2, -0.15) is 0 Å². The SMILES string of the molecule is Cc1cc(OC[C@@H]2CCNC2)c(Br)c(C)c1Cl. The molecule has 94 valence electrons. The summed E-state index contributed by atoms with van der Waals surface area (Å²) >= 11 is 9.74. The third-order valence-electron chi connectivity index (χ3n) is 3.21. The van der Waals surface area contributed by atoms with E-state index in [-0.39, 0.29) is 0 Å². The van der Waals surface area contributed by atoms with Gasteiger partial charge in [0.25, 0.3) is 0 Å². The van der Waals surface area contributed by atoms with Gasteiger partial charge in [0.15, 0.2) is 0 Å². The molecule has 0 aliphatic carbocycles. The van der Waals surface area contributed by atoms with Crippen LogP contribution in [0.5, 0.6) is 5.75 Å². The highest BCUT2D eigenvalue weighted by Crippen LogP contribution is 2.36. The van der Waals surface area contributed by atoms with Crippen molar-refractivity contribution in [2.75, 3.05) is 19.7 Å². The molecule has 1 heterocycles. The van der Waals surface area contributed by atoms with Crippen LogP contribution in [0.3, 0.4) is 0 Å². The first-order valence-electron chi connectivity index (χ1n) is 5.88. The van der Waals surface area contributed by atoms with Crippen LogP contribution in [0.2, 0.25) is 5.02 Å². The molecule has 17 heavy (non-hydrogen) atoms. The molecule has 0 unspecified atom stereocenters. The number of halogens is 2. The smallest absolute Gasteiger partial charge is 0.134 e. The van der Waals surface area contributed by atoms with E-state index in [2.05, 4.69) is 21.2 Å². The number of nitrogens with one attached hydrogen (secondary N) is 1. The second kappa shape index (κ2) is 5.59. The van der Waals surface area contributed by atoms with Crippen molar-refractivity contribution in [3.8, 4) is 5.75 Å². The summed E-state index contributed by atoms with van der Waals surface area (Å²) in [4.78, 5) is 0. The van der Waals surface area contributed by atoms with Crippen LogP contribution in [-0.4, -0.2) is 19.7 Å². The number of hydrogen-bond acceptors (Lipinski definition) is 2. The molecule has 1 fully saturated rings. The fourth-order valence-electron chi connectivity index (χ4n) is 2.07. The maximum absolute atomic E-state index is 6.19. The molecule has 1 N–H and O–H groups in total. The lowest BCUT2D eigenvalue weighted by molar-refractivity contribution is 0.258. The summed E-state index contributed by atoms with van der Waals surface area (Å²) in [6, 6.07) is 2.00. The van der Waals surface area contributed by atoms with E-state index in [1.807, 2.05) is 19.9 Å². The summed E-state index contributed by atoms with van der Waals surface area (Å²) in [5.41, 5.74) is 2.11. The molecular formula is C13H17BrClNO. The molecular weight excluding hydrogens is 302 g/mol. The highest BCUT2D eigenvalue weighted by atomic mass is 79.9. The van der Waals surface area contributed by atoms with Crippen molar-refractivity contribution in [2.45, 2.75) is 20.3 Å². The normalized spacial score (nSPS) is 19.6.